The van der Waals surface area contributed by atoms with E-state index in [9.17, 15) is 4.79 Å². The molecule has 60 valence electrons. The van der Waals surface area contributed by atoms with Crippen molar-refractivity contribution >= 4 is 18.2 Å². The van der Waals surface area contributed by atoms with E-state index >= 15 is 0 Å². The van der Waals surface area contributed by atoms with Gasteiger partial charge in [0.15, 0.2) is 0 Å². The Kier molecular flexibility index (Phi) is 4.65. The Hall–Kier alpha value is -0.0800. The van der Waals surface area contributed by atoms with Crippen LogP contribution in [0.3, 0.4) is 0 Å². The lowest BCUT2D eigenvalue weighted by molar-refractivity contribution is -0.124. The first-order valence-electron chi connectivity index (χ1n) is 3.57. The van der Waals surface area contributed by atoms with E-state index in [0.29, 0.717) is 12.3 Å². The van der Waals surface area contributed by atoms with Gasteiger partial charge in [-0.3, -0.25) is 4.79 Å². The molecular formula is C7H14ClNO. The van der Waals surface area contributed by atoms with E-state index in [1.54, 1.807) is 0 Å². The van der Waals surface area contributed by atoms with Crippen LogP contribution in [0, 0.1) is 5.92 Å². The van der Waals surface area contributed by atoms with Crippen LogP contribution < -0.4 is 5.73 Å². The summed E-state index contributed by atoms with van der Waals surface area (Å²) in [6, 6.07) is 0. The van der Waals surface area contributed by atoms with Crippen LogP contribution in [-0.2, 0) is 4.79 Å². The van der Waals surface area contributed by atoms with E-state index in [2.05, 4.69) is 0 Å². The van der Waals surface area contributed by atoms with Gasteiger partial charge in [-0.1, -0.05) is 6.42 Å². The zero-order valence-corrected chi connectivity index (χ0v) is 6.82. The summed E-state index contributed by atoms with van der Waals surface area (Å²) >= 11 is 0. The number of halogens is 1. The molecule has 1 saturated carbocycles. The van der Waals surface area contributed by atoms with Crippen molar-refractivity contribution in [3.63, 3.8) is 0 Å². The van der Waals surface area contributed by atoms with Gasteiger partial charge in [0, 0.05) is 18.9 Å². The predicted molar refractivity (Wildman–Crippen MR) is 43.3 cm³/mol. The summed E-state index contributed by atoms with van der Waals surface area (Å²) in [6.45, 7) is 0.554. The summed E-state index contributed by atoms with van der Waals surface area (Å²) in [4.78, 5) is 10.9. The van der Waals surface area contributed by atoms with Gasteiger partial charge in [-0.05, 0) is 12.8 Å². The number of rotatable bonds is 1. The van der Waals surface area contributed by atoms with Crippen molar-refractivity contribution < 1.29 is 4.79 Å². The predicted octanol–water partition coefficient (Wildman–Crippen LogP) is 1.13. The second-order valence-electron chi connectivity index (χ2n) is 2.64. The maximum absolute atomic E-state index is 10.9. The number of nitrogens with two attached hydrogens (primary N) is 1. The van der Waals surface area contributed by atoms with Gasteiger partial charge >= 0.3 is 0 Å². The number of ketones is 1. The summed E-state index contributed by atoms with van der Waals surface area (Å²) in [6.07, 6.45) is 4.06. The van der Waals surface area contributed by atoms with E-state index in [4.69, 9.17) is 5.73 Å². The highest BCUT2D eigenvalue weighted by Crippen LogP contribution is 2.18. The Bertz CT molecular complexity index is 116. The van der Waals surface area contributed by atoms with Crippen LogP contribution in [0.4, 0.5) is 0 Å². The summed E-state index contributed by atoms with van der Waals surface area (Å²) in [5.74, 6) is 0.572. The van der Waals surface area contributed by atoms with Crippen molar-refractivity contribution in [3.05, 3.63) is 0 Å². The SMILES string of the molecule is Cl.NCC1CCCCC1=O. The highest BCUT2D eigenvalue weighted by molar-refractivity contribution is 5.85. The molecule has 2 nitrogen and oxygen atoms in total. The van der Waals surface area contributed by atoms with Gasteiger partial charge in [-0.2, -0.15) is 0 Å². The number of Topliss-reactive ketones (excluding diaryl/α,β-unsaturated/α-hetero) is 1. The molecule has 0 saturated heterocycles. The zero-order valence-electron chi connectivity index (χ0n) is 6.01. The van der Waals surface area contributed by atoms with Crippen LogP contribution in [0.15, 0.2) is 0 Å². The van der Waals surface area contributed by atoms with E-state index in [1.165, 1.54) is 6.42 Å². The maximum Gasteiger partial charge on any atom is 0.137 e. The average Bonchev–Trinajstić information content (AvgIpc) is 1.89. The Labute approximate surface area is 67.6 Å². The van der Waals surface area contributed by atoms with Crippen molar-refractivity contribution in [2.24, 2.45) is 11.7 Å². The van der Waals surface area contributed by atoms with Gasteiger partial charge in [0.25, 0.3) is 0 Å². The van der Waals surface area contributed by atoms with Gasteiger partial charge in [0.05, 0.1) is 0 Å². The smallest absolute Gasteiger partial charge is 0.137 e. The Morgan fingerprint density at radius 3 is 2.60 bits per heavy atom. The summed E-state index contributed by atoms with van der Waals surface area (Å²) < 4.78 is 0. The number of hydrogen-bond donors (Lipinski definition) is 1. The lowest BCUT2D eigenvalue weighted by atomic mass is 9.88. The maximum atomic E-state index is 10.9. The minimum absolute atomic E-state index is 0. The largest absolute Gasteiger partial charge is 0.330 e. The lowest BCUT2D eigenvalue weighted by Gasteiger charge is -2.17. The van der Waals surface area contributed by atoms with Gasteiger partial charge in [0.1, 0.15) is 5.78 Å². The second kappa shape index (κ2) is 4.69. The van der Waals surface area contributed by atoms with Gasteiger partial charge < -0.3 is 5.73 Å². The first-order chi connectivity index (χ1) is 4.34. The van der Waals surface area contributed by atoms with E-state index in [0.717, 1.165) is 19.3 Å². The third-order valence-corrected chi connectivity index (χ3v) is 1.97. The lowest BCUT2D eigenvalue weighted by Crippen LogP contribution is -2.26. The molecule has 2 N–H and O–H groups in total. The minimum Gasteiger partial charge on any atom is -0.330 e. The molecule has 0 aromatic rings. The fourth-order valence-corrected chi connectivity index (χ4v) is 1.30. The molecule has 10 heavy (non-hydrogen) atoms. The third kappa shape index (κ3) is 2.27. The Morgan fingerprint density at radius 1 is 1.50 bits per heavy atom. The first-order valence-corrected chi connectivity index (χ1v) is 3.57. The summed E-state index contributed by atoms with van der Waals surface area (Å²) in [7, 11) is 0. The highest BCUT2D eigenvalue weighted by Gasteiger charge is 2.19. The van der Waals surface area contributed by atoms with Gasteiger partial charge in [0.2, 0.25) is 0 Å². The van der Waals surface area contributed by atoms with Crippen molar-refractivity contribution in [2.45, 2.75) is 25.7 Å². The normalized spacial score (nSPS) is 25.7. The Morgan fingerprint density at radius 2 is 2.20 bits per heavy atom. The molecule has 1 aliphatic rings. The van der Waals surface area contributed by atoms with Gasteiger partial charge in [-0.25, -0.2) is 0 Å². The number of carbonyl (C=O) groups is 1. The topological polar surface area (TPSA) is 43.1 Å². The average molecular weight is 164 g/mol. The van der Waals surface area contributed by atoms with Crippen molar-refractivity contribution in [1.82, 2.24) is 0 Å². The molecule has 1 rings (SSSR count). The fourth-order valence-electron chi connectivity index (χ4n) is 1.30. The van der Waals surface area contributed by atoms with Crippen LogP contribution >= 0.6 is 12.4 Å². The highest BCUT2D eigenvalue weighted by atomic mass is 35.5. The molecule has 1 unspecified atom stereocenters. The molecule has 3 heteroatoms. The third-order valence-electron chi connectivity index (χ3n) is 1.97. The van der Waals surface area contributed by atoms with Crippen LogP contribution in [0.1, 0.15) is 25.7 Å². The molecule has 0 amide bonds. The first kappa shape index (κ1) is 9.92. The van der Waals surface area contributed by atoms with Crippen LogP contribution in [0.5, 0.6) is 0 Å². The fraction of sp³-hybridized carbons (Fsp3) is 0.857. The van der Waals surface area contributed by atoms with E-state index in [-0.39, 0.29) is 18.3 Å². The molecule has 0 spiro atoms. The van der Waals surface area contributed by atoms with Crippen molar-refractivity contribution in [1.29, 1.82) is 0 Å². The summed E-state index contributed by atoms with van der Waals surface area (Å²) in [5, 5.41) is 0. The molecule has 0 aromatic heterocycles. The van der Waals surface area contributed by atoms with Crippen LogP contribution in [-0.4, -0.2) is 12.3 Å². The van der Waals surface area contributed by atoms with Crippen LogP contribution in [0.2, 0.25) is 0 Å². The molecule has 0 radical (unpaired) electrons. The monoisotopic (exact) mass is 163 g/mol. The van der Waals surface area contributed by atoms with Gasteiger partial charge in [-0.15, -0.1) is 12.4 Å². The van der Waals surface area contributed by atoms with Crippen LogP contribution in [0.25, 0.3) is 0 Å². The van der Waals surface area contributed by atoms with Crippen molar-refractivity contribution in [2.75, 3.05) is 6.54 Å². The second-order valence-corrected chi connectivity index (χ2v) is 2.64. The number of hydrogen-bond acceptors (Lipinski definition) is 2. The molecule has 0 aromatic carbocycles. The quantitative estimate of drug-likeness (QED) is 0.630. The molecule has 0 heterocycles. The molecule has 1 atom stereocenters. The molecule has 0 bridgehead atoms. The molecule has 1 aliphatic carbocycles. The van der Waals surface area contributed by atoms with Crippen molar-refractivity contribution in [3.8, 4) is 0 Å². The van der Waals surface area contributed by atoms with E-state index < -0.39 is 0 Å². The molecule has 0 aliphatic heterocycles. The van der Waals surface area contributed by atoms with E-state index in [1.807, 2.05) is 0 Å². The standard InChI is InChI=1S/C7H13NO.ClH/c8-5-6-3-1-2-4-7(6)9;/h6H,1-5,8H2;1H. The number of carbonyl (C=O) groups excluding carboxylic acids is 1. The molecular weight excluding hydrogens is 150 g/mol. The minimum atomic E-state index is 0. The zero-order chi connectivity index (χ0) is 6.69. The molecule has 1 fully saturated rings. The summed E-state index contributed by atoms with van der Waals surface area (Å²) in [5.41, 5.74) is 5.37. The Balaban J connectivity index is 0.000000810.